The number of aromatic nitrogens is 10. The molecular weight excluding hydrogens is 832 g/mol. The number of hydrogen-bond acceptors (Lipinski definition) is 13. The van der Waals surface area contributed by atoms with Crippen molar-refractivity contribution < 1.29 is 19.0 Å². The number of benzene rings is 2. The molecule has 17 heteroatoms. The number of nitrogens with one attached hydrogen (secondary N) is 1. The molecule has 0 unspecified atom stereocenters. The monoisotopic (exact) mass is 876 g/mol. The maximum atomic E-state index is 11.6. The number of rotatable bonds is 11. The molecule has 1 N–H and O–H groups in total. The third-order valence-electron chi connectivity index (χ3n) is 12.1. The second-order valence-corrected chi connectivity index (χ2v) is 16.4. The van der Waals surface area contributed by atoms with Crippen LogP contribution in [0.1, 0.15) is 45.2 Å². The summed E-state index contributed by atoms with van der Waals surface area (Å²) < 4.78 is 20.5. The van der Waals surface area contributed by atoms with Gasteiger partial charge in [0.2, 0.25) is 11.8 Å². The first-order valence-corrected chi connectivity index (χ1v) is 21.7. The normalized spacial score (nSPS) is 14.4. The number of piperazine rings is 1. The van der Waals surface area contributed by atoms with Crippen molar-refractivity contribution in [3.63, 3.8) is 0 Å². The fourth-order valence-corrected chi connectivity index (χ4v) is 9.02. The molecule has 16 nitrogen and oxygen atoms in total. The summed E-state index contributed by atoms with van der Waals surface area (Å²) in [7, 11) is 1.56. The van der Waals surface area contributed by atoms with Crippen LogP contribution in [0.25, 0.3) is 33.5 Å². The molecule has 64 heavy (non-hydrogen) atoms. The smallest absolute Gasteiger partial charge is 0.234 e. The Labute approximate surface area is 373 Å². The zero-order valence-corrected chi connectivity index (χ0v) is 36.3. The number of fused-ring (bicyclic) bond motifs is 4. The van der Waals surface area contributed by atoms with E-state index in [9.17, 15) is 4.79 Å². The molecule has 0 saturated carbocycles. The van der Waals surface area contributed by atoms with Crippen LogP contribution >= 0.6 is 11.6 Å². The Bertz CT molecular complexity index is 3010. The van der Waals surface area contributed by atoms with E-state index in [1.54, 1.807) is 38.2 Å². The van der Waals surface area contributed by atoms with Crippen molar-refractivity contribution in [2.45, 2.75) is 52.0 Å². The van der Waals surface area contributed by atoms with E-state index in [4.69, 9.17) is 35.8 Å². The molecule has 2 aromatic carbocycles. The number of methoxy groups -OCH3 is 1. The highest BCUT2D eigenvalue weighted by atomic mass is 35.5. The van der Waals surface area contributed by atoms with Gasteiger partial charge in [0.05, 0.1) is 37.6 Å². The molecule has 0 spiro atoms. The summed E-state index contributed by atoms with van der Waals surface area (Å²) in [6.07, 6.45) is 15.8. The highest BCUT2D eigenvalue weighted by Gasteiger charge is 2.21. The number of hydrogen-bond donors (Lipinski definition) is 1. The van der Waals surface area contributed by atoms with Gasteiger partial charge in [0.15, 0.2) is 11.3 Å². The van der Waals surface area contributed by atoms with Crippen molar-refractivity contribution in [3.05, 3.63) is 136 Å². The summed E-state index contributed by atoms with van der Waals surface area (Å²) in [6.45, 7) is 6.24. The van der Waals surface area contributed by atoms with Crippen molar-refractivity contribution in [3.8, 4) is 39.6 Å². The number of aryl methyl sites for hydroxylation is 4. The average molecular weight is 877 g/mol. The number of amides is 1. The van der Waals surface area contributed by atoms with Gasteiger partial charge in [-0.3, -0.25) is 23.5 Å². The highest BCUT2D eigenvalue weighted by Crippen LogP contribution is 2.34. The van der Waals surface area contributed by atoms with Crippen LogP contribution in [0.5, 0.6) is 17.4 Å². The number of carbonyl (C=O) groups excluding carboxylic acids is 1. The Hall–Kier alpha value is -7.04. The number of nitrogens with zero attached hydrogens (tertiary/aromatic N) is 11. The quantitative estimate of drug-likeness (QED) is 0.168. The number of carbonyl (C=O) groups is 1. The molecule has 9 heterocycles. The van der Waals surface area contributed by atoms with E-state index in [2.05, 4.69) is 71.8 Å². The lowest BCUT2D eigenvalue weighted by Gasteiger charge is -2.25. The molecular formula is C47H45ClN12O4. The molecule has 1 amide bonds. The van der Waals surface area contributed by atoms with Gasteiger partial charge in [-0.05, 0) is 54.7 Å². The number of pyridine rings is 2. The first-order valence-electron chi connectivity index (χ1n) is 21.4. The van der Waals surface area contributed by atoms with Crippen molar-refractivity contribution in [2.24, 2.45) is 0 Å². The molecule has 3 aliphatic rings. The Morgan fingerprint density at radius 2 is 1.48 bits per heavy atom. The minimum Gasteiger partial charge on any atom is -0.493 e. The van der Waals surface area contributed by atoms with E-state index >= 15 is 0 Å². The molecule has 1 fully saturated rings. The third-order valence-corrected chi connectivity index (χ3v) is 12.4. The second kappa shape index (κ2) is 18.0. The van der Waals surface area contributed by atoms with Gasteiger partial charge in [0.25, 0.3) is 0 Å². The molecule has 324 valence electrons. The molecule has 0 bridgehead atoms. The lowest BCUT2D eigenvalue weighted by molar-refractivity contribution is -0.124. The summed E-state index contributed by atoms with van der Waals surface area (Å²) in [6, 6.07) is 16.2. The number of halogens is 1. The van der Waals surface area contributed by atoms with Crippen LogP contribution in [0.2, 0.25) is 5.02 Å². The maximum Gasteiger partial charge on any atom is 0.234 e. The SMILES string of the molecule is COc1cc(Cl)c(-c2cnc(CCc3c(C)ccc4c3CCO4)n3cnnc23)cn1.O=C1CN(Cc2ccc(-c3cnc(CCc4cccc5c4CCO5)n4cnnc34)cn2)CCN1. The van der Waals surface area contributed by atoms with Gasteiger partial charge in [-0.15, -0.1) is 20.4 Å². The van der Waals surface area contributed by atoms with Crippen molar-refractivity contribution in [1.29, 1.82) is 0 Å². The minimum atomic E-state index is 0.0632. The Morgan fingerprint density at radius 3 is 2.22 bits per heavy atom. The van der Waals surface area contributed by atoms with Gasteiger partial charge in [-0.25, -0.2) is 15.0 Å². The topological polar surface area (TPSA) is 172 Å². The molecule has 0 radical (unpaired) electrons. The van der Waals surface area contributed by atoms with E-state index in [0.29, 0.717) is 36.2 Å². The van der Waals surface area contributed by atoms with Crippen molar-refractivity contribution in [1.82, 2.24) is 59.3 Å². The lowest BCUT2D eigenvalue weighted by Crippen LogP contribution is -2.47. The van der Waals surface area contributed by atoms with Gasteiger partial charge in [-0.2, -0.15) is 0 Å². The molecule has 0 aliphatic carbocycles. The fraction of sp³-hybridized carbons (Fsp3) is 0.298. The van der Waals surface area contributed by atoms with E-state index in [1.165, 1.54) is 27.8 Å². The Kier molecular flexibility index (Phi) is 11.5. The summed E-state index contributed by atoms with van der Waals surface area (Å²) >= 11 is 6.45. The van der Waals surface area contributed by atoms with Crippen LogP contribution in [0.3, 0.4) is 0 Å². The highest BCUT2D eigenvalue weighted by molar-refractivity contribution is 6.33. The Balaban J connectivity index is 0.000000153. The maximum absolute atomic E-state index is 11.6. The predicted molar refractivity (Wildman–Crippen MR) is 239 cm³/mol. The van der Waals surface area contributed by atoms with E-state index in [-0.39, 0.29) is 5.91 Å². The van der Waals surface area contributed by atoms with Crippen molar-refractivity contribution >= 4 is 28.8 Å². The summed E-state index contributed by atoms with van der Waals surface area (Å²) in [5.41, 5.74) is 12.3. The molecule has 3 aliphatic heterocycles. The molecule has 8 aromatic rings. The van der Waals surface area contributed by atoms with Crippen LogP contribution < -0.4 is 19.5 Å². The van der Waals surface area contributed by atoms with Gasteiger partial charge in [0, 0.05) is 110 Å². The largest absolute Gasteiger partial charge is 0.493 e. The van der Waals surface area contributed by atoms with E-state index in [0.717, 1.165) is 115 Å². The van der Waals surface area contributed by atoms with Gasteiger partial charge in [-0.1, -0.05) is 35.9 Å². The van der Waals surface area contributed by atoms with Crippen LogP contribution in [0.15, 0.2) is 86.0 Å². The van der Waals surface area contributed by atoms with Crippen LogP contribution in [-0.4, -0.2) is 99.9 Å². The molecule has 11 rings (SSSR count). The van der Waals surface area contributed by atoms with E-state index in [1.807, 2.05) is 39.4 Å². The zero-order valence-electron chi connectivity index (χ0n) is 35.5. The lowest BCUT2D eigenvalue weighted by atomic mass is 9.96. The summed E-state index contributed by atoms with van der Waals surface area (Å²) in [4.78, 5) is 32.1. The number of ether oxygens (including phenoxy) is 3. The fourth-order valence-electron chi connectivity index (χ4n) is 8.77. The summed E-state index contributed by atoms with van der Waals surface area (Å²) in [5.74, 6) is 4.36. The summed E-state index contributed by atoms with van der Waals surface area (Å²) in [5, 5.41) is 20.3. The first-order chi connectivity index (χ1) is 31.4. The second-order valence-electron chi connectivity index (χ2n) is 16.0. The molecule has 6 aromatic heterocycles. The van der Waals surface area contributed by atoms with E-state index < -0.39 is 0 Å². The van der Waals surface area contributed by atoms with Crippen LogP contribution in [-0.2, 0) is 49.9 Å². The van der Waals surface area contributed by atoms with Crippen molar-refractivity contribution in [2.75, 3.05) is 40.0 Å². The van der Waals surface area contributed by atoms with Gasteiger partial charge < -0.3 is 19.5 Å². The molecule has 1 saturated heterocycles. The first kappa shape index (κ1) is 41.0. The average Bonchev–Trinajstić information content (AvgIpc) is 4.17. The zero-order chi connectivity index (χ0) is 43.6. The van der Waals surface area contributed by atoms with Crippen LogP contribution in [0.4, 0.5) is 0 Å². The van der Waals surface area contributed by atoms with Gasteiger partial charge >= 0.3 is 0 Å². The van der Waals surface area contributed by atoms with Gasteiger partial charge in [0.1, 0.15) is 35.8 Å². The standard InChI is InChI=1S/C25H25N7O2.C22H20ClN5O2/c33-24-15-31(10-9-26-24)14-19-6-4-18(12-27-19)21-13-28-23(32-16-29-30-25(21)32)7-5-17-2-1-3-22-20(17)8-11-34-22;1-13-3-5-19-15(7-8-30-19)14(13)4-6-20-24-11-17(22-27-26-12-28(20)22)16-10-25-21(29-2)9-18(16)23/h1-4,6,12-13,16H,5,7-11,14-15H2,(H,26,33);3,5,9-12H,4,6-8H2,1-2H3. The predicted octanol–water partition coefficient (Wildman–Crippen LogP) is 5.72. The minimum absolute atomic E-state index is 0.0632. The third kappa shape index (κ3) is 8.29. The molecule has 0 atom stereocenters. The van der Waals surface area contributed by atoms with Crippen LogP contribution in [0, 0.1) is 6.92 Å². The Morgan fingerprint density at radius 1 is 0.766 bits per heavy atom.